The molecule has 0 bridgehead atoms. The van der Waals surface area contributed by atoms with Gasteiger partial charge in [-0.15, -0.1) is 11.8 Å². The minimum absolute atomic E-state index is 0. The topological polar surface area (TPSA) is 111 Å². The number of hydrogen-bond donors (Lipinski definition) is 3. The number of aliphatic hydroxyl groups is 3. The van der Waals surface area contributed by atoms with Crippen molar-refractivity contribution < 1.29 is 30.3 Å². The Morgan fingerprint density at radius 2 is 1.72 bits per heavy atom. The Hall–Kier alpha value is -1.32. The fraction of sp³-hybridized carbons (Fsp3) is 0.429. The van der Waals surface area contributed by atoms with Crippen molar-refractivity contribution >= 4 is 23.4 Å². The first-order chi connectivity index (χ1) is 13.4. The Bertz CT molecular complexity index is 785. The Balaban J connectivity index is 0.00000300. The predicted octanol–water partition coefficient (Wildman–Crippen LogP) is 2.35. The summed E-state index contributed by atoms with van der Waals surface area (Å²) in [7, 11) is 0. The van der Waals surface area contributed by atoms with Crippen molar-refractivity contribution in [3.8, 4) is 5.75 Å². The molecule has 0 unspecified atom stereocenters. The van der Waals surface area contributed by atoms with Gasteiger partial charge in [0.25, 0.3) is 0 Å². The monoisotopic (exact) mass is 442 g/mol. The van der Waals surface area contributed by atoms with E-state index in [1.807, 2.05) is 37.3 Å². The lowest BCUT2D eigenvalue weighted by atomic mass is 9.92. The van der Waals surface area contributed by atoms with E-state index in [1.54, 1.807) is 18.4 Å². The molecule has 5 atom stereocenters. The minimum Gasteiger partial charge on any atom is -0.494 e. The van der Waals surface area contributed by atoms with E-state index < -0.39 is 29.9 Å². The van der Waals surface area contributed by atoms with Crippen LogP contribution in [0, 0.1) is 0 Å². The van der Waals surface area contributed by atoms with E-state index in [2.05, 4.69) is 0 Å². The summed E-state index contributed by atoms with van der Waals surface area (Å²) in [5.74, 6) is 0.820. The molecule has 0 amide bonds. The third-order valence-corrected chi connectivity index (χ3v) is 6.05. The lowest BCUT2D eigenvalue weighted by molar-refractivity contribution is -0.200. The molecule has 0 radical (unpaired) electrons. The largest absolute Gasteiger partial charge is 0.494 e. The number of hydrogen-bond acceptors (Lipinski definition) is 6. The summed E-state index contributed by atoms with van der Waals surface area (Å²) in [4.78, 5) is 0. The zero-order valence-corrected chi connectivity index (χ0v) is 17.9. The fourth-order valence-corrected chi connectivity index (χ4v) is 4.17. The van der Waals surface area contributed by atoms with Crippen molar-refractivity contribution in [2.24, 2.45) is 0 Å². The van der Waals surface area contributed by atoms with Crippen LogP contribution in [0.15, 0.2) is 42.5 Å². The fourth-order valence-electron chi connectivity index (χ4n) is 3.32. The highest BCUT2D eigenvalue weighted by Crippen LogP contribution is 2.37. The van der Waals surface area contributed by atoms with Gasteiger partial charge in [-0.2, -0.15) is 0 Å². The van der Waals surface area contributed by atoms with Crippen LogP contribution in [0.25, 0.3) is 0 Å². The Kier molecular flexibility index (Phi) is 8.78. The van der Waals surface area contributed by atoms with Crippen LogP contribution in [0.2, 0.25) is 5.02 Å². The van der Waals surface area contributed by atoms with Crippen LogP contribution in [0.3, 0.4) is 0 Å². The van der Waals surface area contributed by atoms with Gasteiger partial charge < -0.3 is 30.3 Å². The minimum atomic E-state index is -1.28. The molecule has 2 aromatic rings. The first kappa shape index (κ1) is 24.0. The number of thioether (sulfide) groups is 1. The Morgan fingerprint density at radius 3 is 2.34 bits per heavy atom. The molecule has 6 nitrogen and oxygen atoms in total. The van der Waals surface area contributed by atoms with Crippen molar-refractivity contribution in [1.82, 2.24) is 0 Å². The van der Waals surface area contributed by atoms with Gasteiger partial charge in [0.05, 0.1) is 6.61 Å². The summed E-state index contributed by atoms with van der Waals surface area (Å²) in [6.45, 7) is 2.56. The van der Waals surface area contributed by atoms with Crippen molar-refractivity contribution in [1.29, 1.82) is 0 Å². The third-order valence-electron chi connectivity index (χ3n) is 4.83. The second-order valence-electron chi connectivity index (χ2n) is 6.74. The van der Waals surface area contributed by atoms with E-state index in [1.165, 1.54) is 11.8 Å². The predicted molar refractivity (Wildman–Crippen MR) is 115 cm³/mol. The summed E-state index contributed by atoms with van der Waals surface area (Å²) in [6.07, 6.45) is -1.99. The molecule has 1 heterocycles. The van der Waals surface area contributed by atoms with Crippen LogP contribution >= 0.6 is 23.4 Å². The molecule has 1 aliphatic heterocycles. The first-order valence-electron chi connectivity index (χ1n) is 9.17. The second-order valence-corrected chi connectivity index (χ2v) is 8.08. The SMILES string of the molecule is CCOc1ccc(Cc2cc([C@@H]3O[C@H](SC)[C@@H](O)[C@H](O)[C@H]3O)ccc2Cl)cc1.O. The molecular formula is C21H27ClO6S. The van der Waals surface area contributed by atoms with E-state index >= 15 is 0 Å². The van der Waals surface area contributed by atoms with Gasteiger partial charge in [-0.25, -0.2) is 0 Å². The zero-order valence-electron chi connectivity index (χ0n) is 16.3. The molecule has 1 aliphatic rings. The van der Waals surface area contributed by atoms with Crippen LogP contribution in [-0.2, 0) is 11.2 Å². The number of halogens is 1. The molecule has 8 heteroatoms. The third kappa shape index (κ3) is 5.44. The maximum atomic E-state index is 10.4. The van der Waals surface area contributed by atoms with Gasteiger partial charge in [0.2, 0.25) is 0 Å². The summed E-state index contributed by atoms with van der Waals surface area (Å²) >= 11 is 7.68. The molecule has 5 N–H and O–H groups in total. The van der Waals surface area contributed by atoms with Gasteiger partial charge in [-0.05, 0) is 54.5 Å². The number of benzene rings is 2. The van der Waals surface area contributed by atoms with E-state index in [4.69, 9.17) is 21.1 Å². The van der Waals surface area contributed by atoms with E-state index in [-0.39, 0.29) is 5.48 Å². The van der Waals surface area contributed by atoms with E-state index in [0.29, 0.717) is 23.6 Å². The Morgan fingerprint density at radius 1 is 1.03 bits per heavy atom. The number of ether oxygens (including phenoxy) is 2. The Labute approximate surface area is 179 Å². The molecule has 0 spiro atoms. The molecule has 2 aromatic carbocycles. The lowest BCUT2D eigenvalue weighted by Crippen LogP contribution is -2.52. The molecule has 0 saturated carbocycles. The maximum absolute atomic E-state index is 10.4. The van der Waals surface area contributed by atoms with Gasteiger partial charge in [0.1, 0.15) is 35.6 Å². The molecule has 3 rings (SSSR count). The van der Waals surface area contributed by atoms with Crippen molar-refractivity contribution in [3.63, 3.8) is 0 Å². The summed E-state index contributed by atoms with van der Waals surface area (Å²) < 4.78 is 11.3. The molecule has 29 heavy (non-hydrogen) atoms. The van der Waals surface area contributed by atoms with Crippen LogP contribution in [0.5, 0.6) is 5.75 Å². The van der Waals surface area contributed by atoms with Crippen molar-refractivity contribution in [2.75, 3.05) is 12.9 Å². The molecular weight excluding hydrogens is 416 g/mol. The summed E-state index contributed by atoms with van der Waals surface area (Å²) in [5, 5.41) is 31.2. The van der Waals surface area contributed by atoms with Crippen LogP contribution < -0.4 is 4.74 Å². The molecule has 160 valence electrons. The summed E-state index contributed by atoms with van der Waals surface area (Å²) in [5.41, 5.74) is 2.06. The van der Waals surface area contributed by atoms with Gasteiger partial charge in [0.15, 0.2) is 0 Å². The van der Waals surface area contributed by atoms with Crippen molar-refractivity contribution in [3.05, 3.63) is 64.2 Å². The van der Waals surface area contributed by atoms with Crippen LogP contribution in [0.1, 0.15) is 29.7 Å². The highest BCUT2D eigenvalue weighted by atomic mass is 35.5. The van der Waals surface area contributed by atoms with Gasteiger partial charge in [-0.1, -0.05) is 35.9 Å². The van der Waals surface area contributed by atoms with Crippen LogP contribution in [0.4, 0.5) is 0 Å². The number of rotatable bonds is 6. The molecule has 1 saturated heterocycles. The van der Waals surface area contributed by atoms with Gasteiger partial charge >= 0.3 is 0 Å². The summed E-state index contributed by atoms with van der Waals surface area (Å²) in [6, 6.07) is 13.3. The van der Waals surface area contributed by atoms with Crippen molar-refractivity contribution in [2.45, 2.75) is 43.2 Å². The molecule has 0 aromatic heterocycles. The second kappa shape index (κ2) is 10.6. The molecule has 1 fully saturated rings. The van der Waals surface area contributed by atoms with Gasteiger partial charge in [-0.3, -0.25) is 0 Å². The normalized spacial score (nSPS) is 26.6. The average Bonchev–Trinajstić information content (AvgIpc) is 2.70. The van der Waals surface area contributed by atoms with E-state index in [9.17, 15) is 15.3 Å². The van der Waals surface area contributed by atoms with Crippen LogP contribution in [-0.4, -0.2) is 57.4 Å². The van der Waals surface area contributed by atoms with Gasteiger partial charge in [0, 0.05) is 5.02 Å². The standard InChI is InChI=1S/C21H25ClO5S.H2O/c1-3-26-15-7-4-12(5-8-15)10-14-11-13(6-9-16(14)22)20-18(24)17(23)19(25)21(27-20)28-2;/h4-9,11,17-21,23-25H,3,10H2,1-2H3;1H2/t17-,18-,19+,20+,21-;/m1./s1. The highest BCUT2D eigenvalue weighted by Gasteiger charge is 2.44. The highest BCUT2D eigenvalue weighted by molar-refractivity contribution is 7.99. The zero-order chi connectivity index (χ0) is 20.3. The lowest BCUT2D eigenvalue weighted by Gasteiger charge is -2.40. The smallest absolute Gasteiger partial charge is 0.132 e. The number of aliphatic hydroxyl groups excluding tert-OH is 3. The first-order valence-corrected chi connectivity index (χ1v) is 10.8. The molecule has 0 aliphatic carbocycles. The quantitative estimate of drug-likeness (QED) is 0.633. The maximum Gasteiger partial charge on any atom is 0.132 e. The van der Waals surface area contributed by atoms with E-state index in [0.717, 1.165) is 16.9 Å². The average molecular weight is 443 g/mol.